The van der Waals surface area contributed by atoms with Gasteiger partial charge in [0.2, 0.25) is 0 Å². The molecule has 1 aromatic heterocycles. The predicted octanol–water partition coefficient (Wildman–Crippen LogP) is 3.15. The standard InChI is InChI=1S/C11H7BrFNO4S2/c12-8-3-4-19-11(8)20(17,18)14-6-1-2-9(13)7(5-6)10(15)16/h1-5,14H,(H,15,16). The molecule has 0 unspecified atom stereocenters. The zero-order valence-corrected chi connectivity index (χ0v) is 12.9. The predicted molar refractivity (Wildman–Crippen MR) is 76.2 cm³/mol. The van der Waals surface area contributed by atoms with Crippen LogP contribution in [0.2, 0.25) is 0 Å². The summed E-state index contributed by atoms with van der Waals surface area (Å²) in [5, 5.41) is 10.4. The molecule has 0 aliphatic heterocycles. The van der Waals surface area contributed by atoms with Crippen LogP contribution in [0.3, 0.4) is 0 Å². The highest BCUT2D eigenvalue weighted by Crippen LogP contribution is 2.29. The number of halogens is 2. The Kier molecular flexibility index (Phi) is 4.11. The van der Waals surface area contributed by atoms with E-state index in [4.69, 9.17) is 5.11 Å². The number of aromatic carboxylic acids is 1. The van der Waals surface area contributed by atoms with Gasteiger partial charge >= 0.3 is 5.97 Å². The van der Waals surface area contributed by atoms with E-state index < -0.39 is 27.4 Å². The van der Waals surface area contributed by atoms with Crippen molar-refractivity contribution < 1.29 is 22.7 Å². The summed E-state index contributed by atoms with van der Waals surface area (Å²) in [5.74, 6) is -2.40. The Morgan fingerprint density at radius 2 is 2.05 bits per heavy atom. The fraction of sp³-hybridized carbons (Fsp3) is 0. The summed E-state index contributed by atoms with van der Waals surface area (Å²) in [6, 6.07) is 4.55. The molecule has 0 aliphatic rings. The van der Waals surface area contributed by atoms with Crippen LogP contribution in [-0.4, -0.2) is 19.5 Å². The molecule has 0 aliphatic carbocycles. The van der Waals surface area contributed by atoms with Gasteiger partial charge in [-0.25, -0.2) is 17.6 Å². The zero-order chi connectivity index (χ0) is 14.9. The number of benzene rings is 1. The summed E-state index contributed by atoms with van der Waals surface area (Å²) in [6.07, 6.45) is 0. The molecule has 1 heterocycles. The first-order valence-electron chi connectivity index (χ1n) is 5.10. The Morgan fingerprint density at radius 1 is 1.35 bits per heavy atom. The van der Waals surface area contributed by atoms with Crippen molar-refractivity contribution in [1.29, 1.82) is 0 Å². The summed E-state index contributed by atoms with van der Waals surface area (Å²) in [7, 11) is -3.85. The highest BCUT2D eigenvalue weighted by Gasteiger charge is 2.20. The van der Waals surface area contributed by atoms with Crippen LogP contribution >= 0.6 is 27.3 Å². The van der Waals surface area contributed by atoms with Crippen molar-refractivity contribution >= 4 is 48.9 Å². The van der Waals surface area contributed by atoms with Crippen LogP contribution in [-0.2, 0) is 10.0 Å². The van der Waals surface area contributed by atoms with Crippen molar-refractivity contribution in [3.8, 4) is 0 Å². The number of hydrogen-bond acceptors (Lipinski definition) is 4. The minimum Gasteiger partial charge on any atom is -0.478 e. The first kappa shape index (κ1) is 14.9. The Balaban J connectivity index is 2.38. The van der Waals surface area contributed by atoms with Crippen molar-refractivity contribution in [3.05, 3.63) is 45.5 Å². The van der Waals surface area contributed by atoms with E-state index in [1.54, 1.807) is 11.4 Å². The Bertz CT molecular complexity index is 772. The number of hydrogen-bond donors (Lipinski definition) is 2. The summed E-state index contributed by atoms with van der Waals surface area (Å²) in [4.78, 5) is 10.8. The third-order valence-electron chi connectivity index (χ3n) is 2.28. The summed E-state index contributed by atoms with van der Waals surface area (Å²) in [5.41, 5.74) is -0.625. The normalized spacial score (nSPS) is 11.3. The van der Waals surface area contributed by atoms with Gasteiger partial charge in [-0.15, -0.1) is 11.3 Å². The molecule has 5 nitrogen and oxygen atoms in total. The maximum atomic E-state index is 13.2. The summed E-state index contributed by atoms with van der Waals surface area (Å²) < 4.78 is 40.0. The highest BCUT2D eigenvalue weighted by atomic mass is 79.9. The minimum absolute atomic E-state index is 0.0240. The molecule has 0 radical (unpaired) electrons. The van der Waals surface area contributed by atoms with Crippen LogP contribution in [0.1, 0.15) is 10.4 Å². The van der Waals surface area contributed by atoms with Crippen LogP contribution in [0.15, 0.2) is 38.3 Å². The lowest BCUT2D eigenvalue weighted by Gasteiger charge is -2.08. The molecule has 0 fully saturated rings. The fourth-order valence-corrected chi connectivity index (χ4v) is 4.81. The Labute approximate surface area is 126 Å². The smallest absolute Gasteiger partial charge is 0.338 e. The van der Waals surface area contributed by atoms with E-state index in [-0.39, 0.29) is 9.90 Å². The van der Waals surface area contributed by atoms with Crippen molar-refractivity contribution in [2.24, 2.45) is 0 Å². The van der Waals surface area contributed by atoms with Gasteiger partial charge in [0.1, 0.15) is 5.82 Å². The largest absolute Gasteiger partial charge is 0.478 e. The van der Waals surface area contributed by atoms with Crippen molar-refractivity contribution in [2.45, 2.75) is 4.21 Å². The first-order chi connectivity index (χ1) is 9.31. The topological polar surface area (TPSA) is 83.5 Å². The van der Waals surface area contributed by atoms with Crippen LogP contribution in [0, 0.1) is 5.82 Å². The van der Waals surface area contributed by atoms with Gasteiger partial charge in [-0.2, -0.15) is 0 Å². The second-order valence-corrected chi connectivity index (χ2v) is 7.31. The molecular weight excluding hydrogens is 373 g/mol. The SMILES string of the molecule is O=C(O)c1cc(NS(=O)(=O)c2sccc2Br)ccc1F. The molecule has 2 N–H and O–H groups in total. The number of carboxylic acid groups (broad SMARTS) is 1. The first-order valence-corrected chi connectivity index (χ1v) is 8.25. The number of nitrogens with one attached hydrogen (secondary N) is 1. The molecule has 0 spiro atoms. The van der Waals surface area contributed by atoms with Gasteiger partial charge in [0.15, 0.2) is 4.21 Å². The average Bonchev–Trinajstić information content (AvgIpc) is 2.78. The van der Waals surface area contributed by atoms with E-state index in [9.17, 15) is 17.6 Å². The monoisotopic (exact) mass is 379 g/mol. The number of anilines is 1. The third-order valence-corrected chi connectivity index (χ3v) is 6.33. The number of rotatable bonds is 4. The number of carbonyl (C=O) groups is 1. The van der Waals surface area contributed by atoms with Crippen molar-refractivity contribution in [2.75, 3.05) is 4.72 Å². The summed E-state index contributed by atoms with van der Waals surface area (Å²) in [6.45, 7) is 0. The molecule has 20 heavy (non-hydrogen) atoms. The van der Waals surface area contributed by atoms with E-state index in [1.165, 1.54) is 0 Å². The number of carboxylic acids is 1. The van der Waals surface area contributed by atoms with E-state index in [0.29, 0.717) is 4.47 Å². The van der Waals surface area contributed by atoms with Gasteiger partial charge in [-0.3, -0.25) is 4.72 Å². The fourth-order valence-electron chi connectivity index (χ4n) is 1.43. The molecule has 2 aromatic rings. The highest BCUT2D eigenvalue weighted by molar-refractivity contribution is 9.10. The lowest BCUT2D eigenvalue weighted by atomic mass is 10.2. The van der Waals surface area contributed by atoms with E-state index >= 15 is 0 Å². The van der Waals surface area contributed by atoms with Crippen LogP contribution < -0.4 is 4.72 Å². The van der Waals surface area contributed by atoms with Gasteiger partial charge in [0.25, 0.3) is 10.0 Å². The zero-order valence-electron chi connectivity index (χ0n) is 9.63. The number of thiophene rings is 1. The molecule has 0 saturated carbocycles. The van der Waals surface area contributed by atoms with Crippen molar-refractivity contribution in [3.63, 3.8) is 0 Å². The minimum atomic E-state index is -3.85. The summed E-state index contributed by atoms with van der Waals surface area (Å²) >= 11 is 4.10. The van der Waals surface area contributed by atoms with E-state index in [2.05, 4.69) is 20.7 Å². The van der Waals surface area contributed by atoms with Crippen molar-refractivity contribution in [1.82, 2.24) is 0 Å². The van der Waals surface area contributed by atoms with Gasteiger partial charge in [0, 0.05) is 10.2 Å². The molecular formula is C11H7BrFNO4S2. The van der Waals surface area contributed by atoms with E-state index in [0.717, 1.165) is 29.5 Å². The average molecular weight is 380 g/mol. The molecule has 0 saturated heterocycles. The number of sulfonamides is 1. The van der Waals surface area contributed by atoms with Gasteiger partial charge in [-0.05, 0) is 45.6 Å². The second-order valence-electron chi connectivity index (χ2n) is 3.66. The lowest BCUT2D eigenvalue weighted by Crippen LogP contribution is -2.13. The molecule has 106 valence electrons. The van der Waals surface area contributed by atoms with Crippen LogP contribution in [0.5, 0.6) is 0 Å². The second kappa shape index (κ2) is 5.51. The van der Waals surface area contributed by atoms with Gasteiger partial charge in [0.05, 0.1) is 5.56 Å². The maximum absolute atomic E-state index is 13.2. The van der Waals surface area contributed by atoms with Gasteiger partial charge < -0.3 is 5.11 Å². The molecule has 0 bridgehead atoms. The van der Waals surface area contributed by atoms with Crippen LogP contribution in [0.4, 0.5) is 10.1 Å². The lowest BCUT2D eigenvalue weighted by molar-refractivity contribution is 0.0692. The Hall–Kier alpha value is -1.45. The third kappa shape index (κ3) is 3.00. The molecule has 1 aromatic carbocycles. The molecule has 9 heteroatoms. The molecule has 2 rings (SSSR count). The van der Waals surface area contributed by atoms with Crippen LogP contribution in [0.25, 0.3) is 0 Å². The van der Waals surface area contributed by atoms with Gasteiger partial charge in [-0.1, -0.05) is 0 Å². The quantitative estimate of drug-likeness (QED) is 0.854. The Morgan fingerprint density at radius 3 is 2.60 bits per heavy atom. The van der Waals surface area contributed by atoms with E-state index in [1.807, 2.05) is 0 Å². The molecule has 0 amide bonds. The maximum Gasteiger partial charge on any atom is 0.338 e. The molecule has 0 atom stereocenters.